The van der Waals surface area contributed by atoms with Gasteiger partial charge in [-0.1, -0.05) is 13.8 Å². The number of amides is 1. The molecule has 0 unspecified atom stereocenters. The summed E-state index contributed by atoms with van der Waals surface area (Å²) in [4.78, 5) is 12.3. The number of nitrogens with one attached hydrogen (secondary N) is 1. The quantitative estimate of drug-likeness (QED) is 0.689. The number of ether oxygens (including phenoxy) is 2. The van der Waals surface area contributed by atoms with Crippen molar-refractivity contribution in [1.82, 2.24) is 0 Å². The summed E-state index contributed by atoms with van der Waals surface area (Å²) in [5, 5.41) is 2.88. The Morgan fingerprint density at radius 1 is 1.17 bits per heavy atom. The van der Waals surface area contributed by atoms with Gasteiger partial charge in [-0.3, -0.25) is 4.79 Å². The molecular weight excluding hydrogens is 405 g/mol. The number of carbonyl (C=O) groups excluding carboxylic acids is 1. The third-order valence-corrected chi connectivity index (χ3v) is 3.95. The molecule has 2 aromatic carbocycles. The van der Waals surface area contributed by atoms with Crippen LogP contribution in [0.2, 0.25) is 0 Å². The number of halogens is 1. The predicted octanol–water partition coefficient (Wildman–Crippen LogP) is 4.59. The SMILES string of the molecule is COc1ccc(C(=O)Nc2ccc(OCC(C)C)cc2)cc1I. The van der Waals surface area contributed by atoms with E-state index < -0.39 is 0 Å². The minimum atomic E-state index is -0.151. The maximum atomic E-state index is 12.3. The Hall–Kier alpha value is -1.76. The number of anilines is 1. The summed E-state index contributed by atoms with van der Waals surface area (Å²) in [5.74, 6) is 1.89. The number of hydrogen-bond donors (Lipinski definition) is 1. The van der Waals surface area contributed by atoms with E-state index in [2.05, 4.69) is 41.8 Å². The van der Waals surface area contributed by atoms with Crippen LogP contribution in [0.4, 0.5) is 5.69 Å². The highest BCUT2D eigenvalue weighted by Crippen LogP contribution is 2.22. The number of rotatable bonds is 6. The standard InChI is InChI=1S/C18H20INO3/c1-12(2)11-23-15-7-5-14(6-8-15)20-18(21)13-4-9-17(22-3)16(19)10-13/h4-10,12H,11H2,1-3H3,(H,20,21). The summed E-state index contributed by atoms with van der Waals surface area (Å²) >= 11 is 2.15. The van der Waals surface area contributed by atoms with Crippen LogP contribution in [0.25, 0.3) is 0 Å². The summed E-state index contributed by atoms with van der Waals surface area (Å²) in [7, 11) is 1.61. The van der Waals surface area contributed by atoms with Crippen molar-refractivity contribution in [3.05, 3.63) is 51.6 Å². The van der Waals surface area contributed by atoms with E-state index in [0.717, 1.165) is 20.8 Å². The lowest BCUT2D eigenvalue weighted by atomic mass is 10.2. The Balaban J connectivity index is 2.01. The molecule has 0 radical (unpaired) electrons. The molecule has 0 aromatic heterocycles. The highest BCUT2D eigenvalue weighted by Gasteiger charge is 2.09. The molecule has 0 spiro atoms. The molecule has 0 bridgehead atoms. The lowest BCUT2D eigenvalue weighted by Gasteiger charge is -2.10. The van der Waals surface area contributed by atoms with E-state index in [1.807, 2.05) is 24.3 Å². The molecule has 1 amide bonds. The molecular formula is C18H20INO3. The molecule has 2 rings (SSSR count). The Labute approximate surface area is 150 Å². The second-order valence-electron chi connectivity index (χ2n) is 5.53. The average Bonchev–Trinajstić information content (AvgIpc) is 2.54. The van der Waals surface area contributed by atoms with Crippen molar-refractivity contribution < 1.29 is 14.3 Å². The molecule has 4 nitrogen and oxygen atoms in total. The van der Waals surface area contributed by atoms with Crippen LogP contribution in [-0.4, -0.2) is 19.6 Å². The second kappa shape index (κ2) is 8.19. The smallest absolute Gasteiger partial charge is 0.255 e. The zero-order valence-electron chi connectivity index (χ0n) is 13.4. The van der Waals surface area contributed by atoms with Crippen LogP contribution in [0.3, 0.4) is 0 Å². The third kappa shape index (κ3) is 5.13. The molecule has 0 fully saturated rings. The molecule has 0 atom stereocenters. The van der Waals surface area contributed by atoms with E-state index in [1.54, 1.807) is 25.3 Å². The molecule has 5 heteroatoms. The van der Waals surface area contributed by atoms with Gasteiger partial charge in [0.2, 0.25) is 0 Å². The lowest BCUT2D eigenvalue weighted by molar-refractivity contribution is 0.102. The van der Waals surface area contributed by atoms with E-state index in [1.165, 1.54) is 0 Å². The van der Waals surface area contributed by atoms with Gasteiger partial charge >= 0.3 is 0 Å². The Kier molecular flexibility index (Phi) is 6.27. The van der Waals surface area contributed by atoms with Gasteiger partial charge in [0.25, 0.3) is 5.91 Å². The fraction of sp³-hybridized carbons (Fsp3) is 0.278. The first kappa shape index (κ1) is 17.6. The van der Waals surface area contributed by atoms with Gasteiger partial charge in [0.1, 0.15) is 11.5 Å². The summed E-state index contributed by atoms with van der Waals surface area (Å²) in [6.07, 6.45) is 0. The van der Waals surface area contributed by atoms with Crippen molar-refractivity contribution >= 4 is 34.2 Å². The van der Waals surface area contributed by atoms with Crippen LogP contribution in [0.5, 0.6) is 11.5 Å². The average molecular weight is 425 g/mol. The molecule has 0 heterocycles. The zero-order valence-corrected chi connectivity index (χ0v) is 15.6. The van der Waals surface area contributed by atoms with E-state index in [9.17, 15) is 4.79 Å². The van der Waals surface area contributed by atoms with Crippen LogP contribution in [0.15, 0.2) is 42.5 Å². The number of hydrogen-bond acceptors (Lipinski definition) is 3. The van der Waals surface area contributed by atoms with Gasteiger partial charge in [0.15, 0.2) is 0 Å². The summed E-state index contributed by atoms with van der Waals surface area (Å²) in [6.45, 7) is 4.88. The van der Waals surface area contributed by atoms with Gasteiger partial charge in [0.05, 0.1) is 17.3 Å². The third-order valence-electron chi connectivity index (χ3n) is 3.11. The van der Waals surface area contributed by atoms with E-state index in [0.29, 0.717) is 18.1 Å². The number of methoxy groups -OCH3 is 1. The molecule has 0 aliphatic carbocycles. The summed E-state index contributed by atoms with van der Waals surface area (Å²) in [6, 6.07) is 12.7. The first-order valence-electron chi connectivity index (χ1n) is 7.37. The molecule has 0 saturated heterocycles. The molecule has 2 aromatic rings. The highest BCUT2D eigenvalue weighted by atomic mass is 127. The van der Waals surface area contributed by atoms with E-state index in [4.69, 9.17) is 9.47 Å². The van der Waals surface area contributed by atoms with Gasteiger partial charge in [0, 0.05) is 11.3 Å². The van der Waals surface area contributed by atoms with Crippen molar-refractivity contribution in [3.8, 4) is 11.5 Å². The van der Waals surface area contributed by atoms with Crippen molar-refractivity contribution in [3.63, 3.8) is 0 Å². The van der Waals surface area contributed by atoms with Crippen LogP contribution >= 0.6 is 22.6 Å². The predicted molar refractivity (Wildman–Crippen MR) is 100 cm³/mol. The summed E-state index contributed by atoms with van der Waals surface area (Å²) < 4.78 is 11.7. The van der Waals surface area contributed by atoms with Crippen molar-refractivity contribution in [2.45, 2.75) is 13.8 Å². The lowest BCUT2D eigenvalue weighted by Crippen LogP contribution is -2.12. The van der Waals surface area contributed by atoms with Crippen LogP contribution in [-0.2, 0) is 0 Å². The minimum absolute atomic E-state index is 0.151. The second-order valence-corrected chi connectivity index (χ2v) is 6.69. The van der Waals surface area contributed by atoms with Crippen molar-refractivity contribution in [1.29, 1.82) is 0 Å². The molecule has 0 saturated carbocycles. The van der Waals surface area contributed by atoms with E-state index >= 15 is 0 Å². The molecule has 23 heavy (non-hydrogen) atoms. The summed E-state index contributed by atoms with van der Waals surface area (Å²) in [5.41, 5.74) is 1.33. The number of carbonyl (C=O) groups is 1. The van der Waals surface area contributed by atoms with Crippen LogP contribution < -0.4 is 14.8 Å². The molecule has 1 N–H and O–H groups in total. The fourth-order valence-corrected chi connectivity index (χ4v) is 2.64. The van der Waals surface area contributed by atoms with Gasteiger partial charge in [-0.2, -0.15) is 0 Å². The number of benzene rings is 2. The van der Waals surface area contributed by atoms with Crippen molar-refractivity contribution in [2.75, 3.05) is 19.0 Å². The zero-order chi connectivity index (χ0) is 16.8. The first-order valence-corrected chi connectivity index (χ1v) is 8.45. The Morgan fingerprint density at radius 2 is 1.87 bits per heavy atom. The monoisotopic (exact) mass is 425 g/mol. The largest absolute Gasteiger partial charge is 0.496 e. The van der Waals surface area contributed by atoms with Crippen LogP contribution in [0, 0.1) is 9.49 Å². The topological polar surface area (TPSA) is 47.6 Å². The maximum absolute atomic E-state index is 12.3. The Morgan fingerprint density at radius 3 is 2.43 bits per heavy atom. The maximum Gasteiger partial charge on any atom is 0.255 e. The first-order chi connectivity index (χ1) is 11.0. The van der Waals surface area contributed by atoms with Gasteiger partial charge in [-0.05, 0) is 71.0 Å². The normalized spacial score (nSPS) is 10.5. The molecule has 0 aliphatic heterocycles. The molecule has 0 aliphatic rings. The molecule has 122 valence electrons. The van der Waals surface area contributed by atoms with Gasteiger partial charge in [-0.25, -0.2) is 0 Å². The van der Waals surface area contributed by atoms with Crippen LogP contribution in [0.1, 0.15) is 24.2 Å². The van der Waals surface area contributed by atoms with E-state index in [-0.39, 0.29) is 5.91 Å². The van der Waals surface area contributed by atoms with Crippen molar-refractivity contribution in [2.24, 2.45) is 5.92 Å². The highest BCUT2D eigenvalue weighted by molar-refractivity contribution is 14.1. The van der Waals surface area contributed by atoms with Gasteiger partial charge < -0.3 is 14.8 Å². The fourth-order valence-electron chi connectivity index (χ4n) is 1.91. The van der Waals surface area contributed by atoms with Gasteiger partial charge in [-0.15, -0.1) is 0 Å². The Bertz CT molecular complexity index is 668. The minimum Gasteiger partial charge on any atom is -0.496 e.